The van der Waals surface area contributed by atoms with Crippen molar-refractivity contribution in [1.82, 2.24) is 29.0 Å². The Labute approximate surface area is 168 Å². The molecule has 9 nitrogen and oxygen atoms in total. The number of aryl methyl sites for hydroxylation is 2. The van der Waals surface area contributed by atoms with Crippen molar-refractivity contribution >= 4 is 5.91 Å². The van der Waals surface area contributed by atoms with Crippen LogP contribution in [0.5, 0.6) is 5.88 Å². The standard InChI is InChI=1S/C20H24N6O3/c1-23-13-16(18(22-23)29-3)19(27)25-11-7-8-14(12-25)17-21-24(2)20(28)26(17)15-9-5-4-6-10-15/h4-6,9-10,13-14H,7-8,11-12H2,1-3H3/t14-/m0/s1. The maximum atomic E-state index is 13.1. The lowest BCUT2D eigenvalue weighted by atomic mass is 9.96. The van der Waals surface area contributed by atoms with Crippen LogP contribution in [0.3, 0.4) is 0 Å². The van der Waals surface area contributed by atoms with Gasteiger partial charge in [-0.15, -0.1) is 5.10 Å². The number of carbonyl (C=O) groups excluding carboxylic acids is 1. The highest BCUT2D eigenvalue weighted by Crippen LogP contribution is 2.28. The first-order valence-corrected chi connectivity index (χ1v) is 9.58. The molecule has 1 fully saturated rings. The zero-order chi connectivity index (χ0) is 20.5. The van der Waals surface area contributed by atoms with Crippen molar-refractivity contribution in [3.63, 3.8) is 0 Å². The molecule has 0 spiro atoms. The number of hydrogen-bond acceptors (Lipinski definition) is 5. The van der Waals surface area contributed by atoms with Gasteiger partial charge in [-0.05, 0) is 25.0 Å². The molecule has 1 atom stereocenters. The summed E-state index contributed by atoms with van der Waals surface area (Å²) in [7, 11) is 4.91. The predicted octanol–water partition coefficient (Wildman–Crippen LogP) is 1.33. The molecule has 1 aliphatic heterocycles. The highest BCUT2D eigenvalue weighted by Gasteiger charge is 2.31. The van der Waals surface area contributed by atoms with Crippen LogP contribution in [0.15, 0.2) is 41.3 Å². The van der Waals surface area contributed by atoms with Crippen LogP contribution >= 0.6 is 0 Å². The molecule has 152 valence electrons. The summed E-state index contributed by atoms with van der Waals surface area (Å²) in [5.74, 6) is 0.840. The number of methoxy groups -OCH3 is 1. The van der Waals surface area contributed by atoms with E-state index < -0.39 is 0 Å². The summed E-state index contributed by atoms with van der Waals surface area (Å²) in [4.78, 5) is 27.6. The fourth-order valence-electron chi connectivity index (χ4n) is 3.88. The summed E-state index contributed by atoms with van der Waals surface area (Å²) in [6, 6.07) is 9.47. The van der Waals surface area contributed by atoms with Crippen molar-refractivity contribution in [2.24, 2.45) is 14.1 Å². The first-order chi connectivity index (χ1) is 14.0. The molecule has 3 aromatic rings. The number of likely N-dealkylation sites (tertiary alicyclic amines) is 1. The lowest BCUT2D eigenvalue weighted by Gasteiger charge is -2.32. The van der Waals surface area contributed by atoms with Gasteiger partial charge in [0.25, 0.3) is 5.91 Å². The Kier molecular flexibility index (Phi) is 4.96. The SMILES string of the molecule is COc1nn(C)cc1C(=O)N1CCC[C@H](c2nn(C)c(=O)n2-c2ccccc2)C1. The second-order valence-corrected chi connectivity index (χ2v) is 7.25. The number of ether oxygens (including phenoxy) is 1. The monoisotopic (exact) mass is 396 g/mol. The van der Waals surface area contributed by atoms with Gasteiger partial charge in [-0.2, -0.15) is 5.10 Å². The Balaban J connectivity index is 1.65. The van der Waals surface area contributed by atoms with E-state index in [2.05, 4.69) is 10.2 Å². The molecule has 1 saturated heterocycles. The Morgan fingerprint density at radius 1 is 1.17 bits per heavy atom. The first kappa shape index (κ1) is 19.0. The maximum Gasteiger partial charge on any atom is 0.350 e. The normalized spacial score (nSPS) is 16.8. The molecule has 1 aromatic carbocycles. The number of piperidine rings is 1. The van der Waals surface area contributed by atoms with E-state index in [1.807, 2.05) is 30.3 Å². The van der Waals surface area contributed by atoms with Crippen molar-refractivity contribution in [1.29, 1.82) is 0 Å². The smallest absolute Gasteiger partial charge is 0.350 e. The summed E-state index contributed by atoms with van der Waals surface area (Å²) in [5.41, 5.74) is 1.03. The van der Waals surface area contributed by atoms with Crippen molar-refractivity contribution in [2.45, 2.75) is 18.8 Å². The average Bonchev–Trinajstić information content (AvgIpc) is 3.27. The molecule has 0 unspecified atom stereocenters. The van der Waals surface area contributed by atoms with Crippen molar-refractivity contribution in [2.75, 3.05) is 20.2 Å². The van der Waals surface area contributed by atoms with Crippen molar-refractivity contribution in [3.8, 4) is 11.6 Å². The minimum atomic E-state index is -0.191. The van der Waals surface area contributed by atoms with Crippen molar-refractivity contribution in [3.05, 3.63) is 58.4 Å². The molecule has 4 rings (SSSR count). The predicted molar refractivity (Wildman–Crippen MR) is 106 cm³/mol. The van der Waals surface area contributed by atoms with Gasteiger partial charge in [0.15, 0.2) is 0 Å². The van der Waals surface area contributed by atoms with E-state index in [1.165, 1.54) is 11.8 Å². The second-order valence-electron chi connectivity index (χ2n) is 7.25. The van der Waals surface area contributed by atoms with Gasteiger partial charge < -0.3 is 9.64 Å². The first-order valence-electron chi connectivity index (χ1n) is 9.58. The number of carbonyl (C=O) groups is 1. The van der Waals surface area contributed by atoms with E-state index >= 15 is 0 Å². The van der Waals surface area contributed by atoms with Crippen LogP contribution in [0.4, 0.5) is 0 Å². The van der Waals surface area contributed by atoms with Gasteiger partial charge in [-0.25, -0.2) is 14.0 Å². The highest BCUT2D eigenvalue weighted by atomic mass is 16.5. The molecule has 1 aliphatic rings. The molecule has 0 aliphatic carbocycles. The number of nitrogens with zero attached hydrogens (tertiary/aromatic N) is 6. The molecule has 0 radical (unpaired) electrons. The maximum absolute atomic E-state index is 13.1. The number of para-hydroxylation sites is 1. The molecule has 0 N–H and O–H groups in total. The molecule has 29 heavy (non-hydrogen) atoms. The van der Waals surface area contributed by atoms with Crippen LogP contribution in [0.1, 0.15) is 34.9 Å². The number of benzene rings is 1. The van der Waals surface area contributed by atoms with Gasteiger partial charge in [0.05, 0.1) is 12.8 Å². The number of hydrogen-bond donors (Lipinski definition) is 0. The zero-order valence-corrected chi connectivity index (χ0v) is 16.8. The van der Waals surface area contributed by atoms with Gasteiger partial charge >= 0.3 is 5.69 Å². The molecule has 0 bridgehead atoms. The van der Waals surface area contributed by atoms with Crippen LogP contribution in [0, 0.1) is 0 Å². The summed E-state index contributed by atoms with van der Waals surface area (Å²) in [6.45, 7) is 1.13. The molecule has 1 amide bonds. The van der Waals surface area contributed by atoms with E-state index in [0.717, 1.165) is 18.5 Å². The van der Waals surface area contributed by atoms with Crippen LogP contribution in [0.25, 0.3) is 5.69 Å². The molecular weight excluding hydrogens is 372 g/mol. The largest absolute Gasteiger partial charge is 0.479 e. The third kappa shape index (κ3) is 3.43. The summed E-state index contributed by atoms with van der Waals surface area (Å²) in [5, 5.41) is 8.68. The van der Waals surface area contributed by atoms with Gasteiger partial charge in [0, 0.05) is 39.3 Å². The van der Waals surface area contributed by atoms with E-state index in [4.69, 9.17) is 4.74 Å². The highest BCUT2D eigenvalue weighted by molar-refractivity contribution is 5.96. The number of amides is 1. The fourth-order valence-corrected chi connectivity index (χ4v) is 3.88. The number of rotatable bonds is 4. The fraction of sp³-hybridized carbons (Fsp3) is 0.400. The lowest BCUT2D eigenvalue weighted by molar-refractivity contribution is 0.0700. The van der Waals surface area contributed by atoms with E-state index in [-0.39, 0.29) is 17.5 Å². The average molecular weight is 396 g/mol. The summed E-state index contributed by atoms with van der Waals surface area (Å²) >= 11 is 0. The zero-order valence-electron chi connectivity index (χ0n) is 16.8. The lowest BCUT2D eigenvalue weighted by Crippen LogP contribution is -2.40. The molecule has 0 saturated carbocycles. The third-order valence-corrected chi connectivity index (χ3v) is 5.26. The molecule has 9 heteroatoms. The Bertz CT molecular complexity index is 1080. The van der Waals surface area contributed by atoms with Gasteiger partial charge in [-0.3, -0.25) is 9.48 Å². The summed E-state index contributed by atoms with van der Waals surface area (Å²) in [6.07, 6.45) is 3.36. The van der Waals surface area contributed by atoms with Gasteiger partial charge in [0.2, 0.25) is 5.88 Å². The summed E-state index contributed by atoms with van der Waals surface area (Å²) < 4.78 is 9.81. The van der Waals surface area contributed by atoms with Crippen LogP contribution in [-0.4, -0.2) is 55.1 Å². The molecule has 3 heterocycles. The minimum Gasteiger partial charge on any atom is -0.479 e. The Morgan fingerprint density at radius 2 is 1.93 bits per heavy atom. The van der Waals surface area contributed by atoms with E-state index in [0.29, 0.717) is 30.4 Å². The van der Waals surface area contributed by atoms with Crippen LogP contribution < -0.4 is 10.4 Å². The molecular formula is C20H24N6O3. The van der Waals surface area contributed by atoms with Gasteiger partial charge in [-0.1, -0.05) is 18.2 Å². The van der Waals surface area contributed by atoms with Crippen LogP contribution in [-0.2, 0) is 14.1 Å². The number of aromatic nitrogens is 5. The topological polar surface area (TPSA) is 87.2 Å². The second kappa shape index (κ2) is 7.57. The minimum absolute atomic E-state index is 0.0375. The van der Waals surface area contributed by atoms with Crippen LogP contribution in [0.2, 0.25) is 0 Å². The third-order valence-electron chi connectivity index (χ3n) is 5.26. The Morgan fingerprint density at radius 3 is 2.66 bits per heavy atom. The van der Waals surface area contributed by atoms with Gasteiger partial charge in [0.1, 0.15) is 11.4 Å². The quantitative estimate of drug-likeness (QED) is 0.664. The van der Waals surface area contributed by atoms with E-state index in [9.17, 15) is 9.59 Å². The van der Waals surface area contributed by atoms with Crippen molar-refractivity contribution < 1.29 is 9.53 Å². The Hall–Kier alpha value is -3.36. The molecule has 2 aromatic heterocycles. The van der Waals surface area contributed by atoms with E-state index in [1.54, 1.807) is 34.4 Å².